The third kappa shape index (κ3) is 4.63. The quantitative estimate of drug-likeness (QED) is 0.501. The van der Waals surface area contributed by atoms with Crippen molar-refractivity contribution >= 4 is 0 Å². The maximum absolute atomic E-state index is 2.67. The molecule has 25 heavy (non-hydrogen) atoms. The van der Waals surface area contributed by atoms with E-state index in [0.717, 1.165) is 13.1 Å². The summed E-state index contributed by atoms with van der Waals surface area (Å²) in [7, 11) is 2.41. The minimum absolute atomic E-state index is 0. The zero-order valence-corrected chi connectivity index (χ0v) is 18.1. The Morgan fingerprint density at radius 2 is 1.48 bits per heavy atom. The first kappa shape index (κ1) is 20.4. The summed E-state index contributed by atoms with van der Waals surface area (Å²) in [5.41, 5.74) is 4.17. The molecule has 3 heteroatoms. The molecular weight excluding hydrogens is 419 g/mol. The van der Waals surface area contributed by atoms with E-state index in [1.165, 1.54) is 34.3 Å². The van der Waals surface area contributed by atoms with Crippen LogP contribution in [0.1, 0.15) is 36.6 Å². The minimum Gasteiger partial charge on any atom is -1.00 e. The van der Waals surface area contributed by atoms with Crippen molar-refractivity contribution in [2.45, 2.75) is 32.9 Å². The molecule has 0 radical (unpaired) electrons. The fourth-order valence-corrected chi connectivity index (χ4v) is 3.80. The van der Waals surface area contributed by atoms with Crippen molar-refractivity contribution in [1.82, 2.24) is 4.90 Å². The van der Waals surface area contributed by atoms with Crippen molar-refractivity contribution in [3.05, 3.63) is 71.3 Å². The fourth-order valence-electron chi connectivity index (χ4n) is 3.80. The van der Waals surface area contributed by atoms with Gasteiger partial charge in [-0.1, -0.05) is 60.2 Å². The van der Waals surface area contributed by atoms with Crippen LogP contribution in [0.3, 0.4) is 0 Å². The van der Waals surface area contributed by atoms with E-state index in [0.29, 0.717) is 12.1 Å². The van der Waals surface area contributed by atoms with Gasteiger partial charge in [-0.25, -0.2) is 0 Å². The van der Waals surface area contributed by atoms with Gasteiger partial charge in [-0.05, 0) is 31.9 Å². The van der Waals surface area contributed by atoms with Gasteiger partial charge in [0.2, 0.25) is 0 Å². The summed E-state index contributed by atoms with van der Waals surface area (Å²) in [6.07, 6.45) is 0. The Kier molecular flexibility index (Phi) is 7.06. The molecule has 1 heterocycles. The number of piperazine rings is 1. The largest absolute Gasteiger partial charge is 1.00 e. The Balaban J connectivity index is 0.00000225. The van der Waals surface area contributed by atoms with Crippen LogP contribution in [0.5, 0.6) is 0 Å². The highest BCUT2D eigenvalue weighted by molar-refractivity contribution is 5.34. The summed E-state index contributed by atoms with van der Waals surface area (Å²) >= 11 is 0. The van der Waals surface area contributed by atoms with E-state index in [9.17, 15) is 0 Å². The lowest BCUT2D eigenvalue weighted by Gasteiger charge is -2.47. The number of nitrogens with zero attached hydrogens (tertiary/aromatic N) is 2. The summed E-state index contributed by atoms with van der Waals surface area (Å²) < 4.78 is 1.19. The monoisotopic (exact) mass is 450 g/mol. The molecule has 0 bridgehead atoms. The first-order valence-electron chi connectivity index (χ1n) is 9.19. The van der Waals surface area contributed by atoms with Crippen LogP contribution in [-0.4, -0.2) is 48.7 Å². The van der Waals surface area contributed by atoms with Crippen molar-refractivity contribution < 1.29 is 28.5 Å². The Hall–Kier alpha value is -0.910. The van der Waals surface area contributed by atoms with Crippen molar-refractivity contribution in [2.75, 3.05) is 33.2 Å². The van der Waals surface area contributed by atoms with Gasteiger partial charge in [-0.3, -0.25) is 4.90 Å². The zero-order valence-electron chi connectivity index (χ0n) is 16.0. The minimum atomic E-state index is 0. The maximum atomic E-state index is 2.67. The van der Waals surface area contributed by atoms with E-state index in [1.807, 2.05) is 0 Å². The number of quaternary nitrogens is 1. The second kappa shape index (κ2) is 8.65. The van der Waals surface area contributed by atoms with Crippen LogP contribution < -0.4 is 24.0 Å². The predicted octanol–water partition coefficient (Wildman–Crippen LogP) is 1.26. The number of halogens is 1. The van der Waals surface area contributed by atoms with Crippen LogP contribution in [0, 0.1) is 6.92 Å². The van der Waals surface area contributed by atoms with Gasteiger partial charge in [-0.15, -0.1) is 0 Å². The number of aryl methyl sites for hydroxylation is 1. The molecule has 0 aromatic heterocycles. The number of hydrogen-bond acceptors (Lipinski definition) is 1. The van der Waals surface area contributed by atoms with Gasteiger partial charge in [0.05, 0.1) is 32.2 Å². The third-order valence-corrected chi connectivity index (χ3v) is 5.88. The summed E-state index contributed by atoms with van der Waals surface area (Å²) in [5.74, 6) is 0. The Labute approximate surface area is 170 Å². The van der Waals surface area contributed by atoms with E-state index in [4.69, 9.17) is 0 Å². The SMILES string of the molecule is Cc1cccc(C(c2ccccc2)N2CC[N+](C)(C(C)C)CC2)c1.[I-]. The predicted molar refractivity (Wildman–Crippen MR) is 102 cm³/mol. The highest BCUT2D eigenvalue weighted by Crippen LogP contribution is 2.31. The Bertz CT molecular complexity index is 661. The number of benzene rings is 2. The lowest BCUT2D eigenvalue weighted by atomic mass is 9.95. The van der Waals surface area contributed by atoms with E-state index in [2.05, 4.69) is 87.3 Å². The lowest BCUT2D eigenvalue weighted by Crippen LogP contribution is -3.00. The van der Waals surface area contributed by atoms with Crippen molar-refractivity contribution in [2.24, 2.45) is 0 Å². The standard InChI is InChI=1S/C22H31N2.HI/c1-18(2)24(4)15-13-23(14-16-24)22(20-10-6-5-7-11-20)21-12-8-9-19(3)17-21;/h5-12,17-18,22H,13-16H2,1-4H3;1H/q+1;/p-1. The van der Waals surface area contributed by atoms with Crippen molar-refractivity contribution in [3.8, 4) is 0 Å². The highest BCUT2D eigenvalue weighted by atomic mass is 127. The number of likely N-dealkylation sites (N-methyl/N-ethyl adjacent to an activating group) is 1. The zero-order chi connectivity index (χ0) is 17.2. The molecule has 0 spiro atoms. The van der Waals surface area contributed by atoms with Crippen LogP contribution in [0.2, 0.25) is 0 Å². The van der Waals surface area contributed by atoms with E-state index >= 15 is 0 Å². The smallest absolute Gasteiger partial charge is 0.0916 e. The summed E-state index contributed by atoms with van der Waals surface area (Å²) in [6, 6.07) is 21.1. The molecule has 136 valence electrons. The van der Waals surface area contributed by atoms with Gasteiger partial charge >= 0.3 is 0 Å². The van der Waals surface area contributed by atoms with Gasteiger partial charge in [-0.2, -0.15) is 0 Å². The maximum Gasteiger partial charge on any atom is 0.0916 e. The average Bonchev–Trinajstić information content (AvgIpc) is 2.58. The summed E-state index contributed by atoms with van der Waals surface area (Å²) in [6.45, 7) is 11.7. The van der Waals surface area contributed by atoms with Crippen LogP contribution in [0.15, 0.2) is 54.6 Å². The molecule has 3 rings (SSSR count). The van der Waals surface area contributed by atoms with Crippen LogP contribution in [-0.2, 0) is 0 Å². The summed E-state index contributed by atoms with van der Waals surface area (Å²) in [4.78, 5) is 2.67. The second-order valence-corrected chi connectivity index (χ2v) is 7.78. The molecule has 1 saturated heterocycles. The molecule has 2 nitrogen and oxygen atoms in total. The number of rotatable bonds is 4. The average molecular weight is 450 g/mol. The second-order valence-electron chi connectivity index (χ2n) is 7.78. The number of hydrogen-bond donors (Lipinski definition) is 0. The molecule has 1 aliphatic rings. The van der Waals surface area contributed by atoms with Gasteiger partial charge in [0.25, 0.3) is 0 Å². The first-order chi connectivity index (χ1) is 11.5. The Morgan fingerprint density at radius 1 is 0.880 bits per heavy atom. The van der Waals surface area contributed by atoms with Gasteiger partial charge in [0, 0.05) is 13.1 Å². The van der Waals surface area contributed by atoms with Crippen molar-refractivity contribution in [1.29, 1.82) is 0 Å². The first-order valence-corrected chi connectivity index (χ1v) is 9.19. The third-order valence-electron chi connectivity index (χ3n) is 5.88. The summed E-state index contributed by atoms with van der Waals surface area (Å²) in [5, 5.41) is 0. The molecule has 0 N–H and O–H groups in total. The molecule has 0 saturated carbocycles. The topological polar surface area (TPSA) is 3.24 Å². The van der Waals surface area contributed by atoms with Crippen LogP contribution in [0.4, 0.5) is 0 Å². The molecule has 0 aliphatic carbocycles. The fraction of sp³-hybridized carbons (Fsp3) is 0.455. The lowest BCUT2D eigenvalue weighted by molar-refractivity contribution is -0.933. The highest BCUT2D eigenvalue weighted by Gasteiger charge is 2.34. The molecule has 2 aromatic carbocycles. The van der Waals surface area contributed by atoms with E-state index < -0.39 is 0 Å². The molecular formula is C22H31IN2. The molecule has 1 unspecified atom stereocenters. The van der Waals surface area contributed by atoms with Crippen molar-refractivity contribution in [3.63, 3.8) is 0 Å². The molecule has 1 atom stereocenters. The molecule has 1 aliphatic heterocycles. The van der Waals surface area contributed by atoms with Crippen LogP contribution in [0.25, 0.3) is 0 Å². The molecule has 1 fully saturated rings. The van der Waals surface area contributed by atoms with E-state index in [-0.39, 0.29) is 24.0 Å². The van der Waals surface area contributed by atoms with Gasteiger partial charge in [0.15, 0.2) is 0 Å². The molecule has 0 amide bonds. The van der Waals surface area contributed by atoms with Crippen LogP contribution >= 0.6 is 0 Å². The van der Waals surface area contributed by atoms with Gasteiger partial charge in [0.1, 0.15) is 0 Å². The Morgan fingerprint density at radius 3 is 2.04 bits per heavy atom. The van der Waals surface area contributed by atoms with E-state index in [1.54, 1.807) is 0 Å². The normalized spacial score (nSPS) is 18.6. The van der Waals surface area contributed by atoms with Gasteiger partial charge < -0.3 is 28.5 Å². The molecule has 2 aromatic rings.